The van der Waals surface area contributed by atoms with Crippen LogP contribution in [0, 0.1) is 0 Å². The molecule has 0 spiro atoms. The van der Waals surface area contributed by atoms with Gasteiger partial charge >= 0.3 is 0 Å². The molecule has 0 saturated carbocycles. The Kier molecular flexibility index (Phi) is 7.98. The molecule has 0 heterocycles. The smallest absolute Gasteiger partial charge is 0.208 e. The standard InChI is InChI=1S/C23H29NO6/c1-7-15(11-14-9-10-17(24)18(12-14)30-8-2)20(25)16-13-19(26-3)22(28-5)23(29-6)21(16)27-4/h9-13H,7-8,24H2,1-6H3. The number of Topliss-reactive ketones (excluding diaryl/α,β-unsaturated/α-hetero) is 1. The van der Waals surface area contributed by atoms with Gasteiger partial charge in [-0.1, -0.05) is 13.0 Å². The predicted molar refractivity (Wildman–Crippen MR) is 117 cm³/mol. The average Bonchev–Trinajstić information content (AvgIpc) is 2.77. The molecular formula is C23H29NO6. The third kappa shape index (κ3) is 4.62. The summed E-state index contributed by atoms with van der Waals surface area (Å²) < 4.78 is 27.3. The lowest BCUT2D eigenvalue weighted by molar-refractivity contribution is 0.102. The van der Waals surface area contributed by atoms with Gasteiger partial charge in [-0.15, -0.1) is 0 Å². The molecule has 2 aromatic carbocycles. The summed E-state index contributed by atoms with van der Waals surface area (Å²) in [6.45, 7) is 4.30. The number of carbonyl (C=O) groups is 1. The van der Waals surface area contributed by atoms with Crippen LogP contribution in [0.5, 0.6) is 28.7 Å². The van der Waals surface area contributed by atoms with Crippen molar-refractivity contribution in [2.75, 3.05) is 40.8 Å². The number of carbonyl (C=O) groups excluding carboxylic acids is 1. The number of rotatable bonds is 10. The Labute approximate surface area is 177 Å². The molecule has 2 N–H and O–H groups in total. The number of allylic oxidation sites excluding steroid dienone is 1. The SMILES string of the molecule is CCOc1cc(C=C(CC)C(=O)c2cc(OC)c(OC)c(OC)c2OC)ccc1N. The van der Waals surface area contributed by atoms with Crippen molar-refractivity contribution in [2.45, 2.75) is 20.3 Å². The molecule has 0 fully saturated rings. The van der Waals surface area contributed by atoms with Gasteiger partial charge in [-0.05, 0) is 43.2 Å². The van der Waals surface area contributed by atoms with Gasteiger partial charge < -0.3 is 29.4 Å². The maximum Gasteiger partial charge on any atom is 0.208 e. The Hall–Kier alpha value is -3.35. The lowest BCUT2D eigenvalue weighted by atomic mass is 9.97. The van der Waals surface area contributed by atoms with Crippen LogP contribution >= 0.6 is 0 Å². The third-order valence-electron chi connectivity index (χ3n) is 4.58. The molecule has 0 radical (unpaired) electrons. The van der Waals surface area contributed by atoms with Crippen molar-refractivity contribution in [3.8, 4) is 28.7 Å². The van der Waals surface area contributed by atoms with Gasteiger partial charge in [0.15, 0.2) is 17.3 Å². The van der Waals surface area contributed by atoms with Gasteiger partial charge in [0.2, 0.25) is 11.5 Å². The summed E-state index contributed by atoms with van der Waals surface area (Å²) in [5.74, 6) is 1.69. The summed E-state index contributed by atoms with van der Waals surface area (Å²) in [6, 6.07) is 7.01. The first kappa shape index (κ1) is 22.9. The summed E-state index contributed by atoms with van der Waals surface area (Å²) in [6.07, 6.45) is 2.32. The van der Waals surface area contributed by atoms with Gasteiger partial charge in [0.05, 0.1) is 46.3 Å². The predicted octanol–water partition coefficient (Wildman–Crippen LogP) is 4.38. The second-order valence-electron chi connectivity index (χ2n) is 6.31. The maximum absolute atomic E-state index is 13.4. The normalized spacial score (nSPS) is 11.1. The second-order valence-corrected chi connectivity index (χ2v) is 6.31. The van der Waals surface area contributed by atoms with Gasteiger partial charge in [0.1, 0.15) is 5.75 Å². The Balaban J connectivity index is 2.59. The number of methoxy groups -OCH3 is 4. The largest absolute Gasteiger partial charge is 0.493 e. The Bertz CT molecular complexity index is 936. The molecule has 0 aliphatic carbocycles. The number of hydrogen-bond donors (Lipinski definition) is 1. The molecule has 2 aromatic rings. The fraction of sp³-hybridized carbons (Fsp3) is 0.348. The molecule has 0 bridgehead atoms. The van der Waals surface area contributed by atoms with Gasteiger partial charge in [0.25, 0.3) is 0 Å². The minimum absolute atomic E-state index is 0.205. The summed E-state index contributed by atoms with van der Waals surface area (Å²) in [7, 11) is 5.95. The zero-order chi connectivity index (χ0) is 22.3. The summed E-state index contributed by atoms with van der Waals surface area (Å²) in [5, 5.41) is 0. The molecule has 30 heavy (non-hydrogen) atoms. The molecular weight excluding hydrogens is 386 g/mol. The van der Waals surface area contributed by atoms with Crippen LogP contribution in [0.15, 0.2) is 29.8 Å². The highest BCUT2D eigenvalue weighted by Gasteiger charge is 2.26. The first-order valence-electron chi connectivity index (χ1n) is 9.60. The van der Waals surface area contributed by atoms with E-state index in [0.29, 0.717) is 52.8 Å². The highest BCUT2D eigenvalue weighted by atomic mass is 16.5. The van der Waals surface area contributed by atoms with Crippen molar-refractivity contribution in [3.05, 3.63) is 41.0 Å². The fourth-order valence-electron chi connectivity index (χ4n) is 3.12. The summed E-state index contributed by atoms with van der Waals surface area (Å²) >= 11 is 0. The monoisotopic (exact) mass is 415 g/mol. The highest BCUT2D eigenvalue weighted by molar-refractivity contribution is 6.13. The van der Waals surface area contributed by atoms with E-state index in [1.54, 1.807) is 12.1 Å². The van der Waals surface area contributed by atoms with Gasteiger partial charge in [0, 0.05) is 5.57 Å². The van der Waals surface area contributed by atoms with E-state index in [-0.39, 0.29) is 11.5 Å². The highest BCUT2D eigenvalue weighted by Crippen LogP contribution is 2.47. The number of benzene rings is 2. The zero-order valence-electron chi connectivity index (χ0n) is 18.3. The lowest BCUT2D eigenvalue weighted by Gasteiger charge is -2.18. The minimum Gasteiger partial charge on any atom is -0.493 e. The Morgan fingerprint density at radius 1 is 0.900 bits per heavy atom. The van der Waals surface area contributed by atoms with E-state index in [1.165, 1.54) is 28.4 Å². The van der Waals surface area contributed by atoms with Crippen molar-refractivity contribution in [3.63, 3.8) is 0 Å². The molecule has 0 aliphatic rings. The molecule has 0 atom stereocenters. The van der Waals surface area contributed by atoms with Crippen LogP contribution in [0.2, 0.25) is 0 Å². The van der Waals surface area contributed by atoms with Crippen LogP contribution in [-0.2, 0) is 0 Å². The van der Waals surface area contributed by atoms with Crippen molar-refractivity contribution < 1.29 is 28.5 Å². The minimum atomic E-state index is -0.205. The van der Waals surface area contributed by atoms with Crippen molar-refractivity contribution in [1.29, 1.82) is 0 Å². The summed E-state index contributed by atoms with van der Waals surface area (Å²) in [4.78, 5) is 13.4. The molecule has 0 saturated heterocycles. The van der Waals surface area contributed by atoms with E-state index in [0.717, 1.165) is 5.56 Å². The molecule has 0 aliphatic heterocycles. The Morgan fingerprint density at radius 2 is 1.57 bits per heavy atom. The number of anilines is 1. The summed E-state index contributed by atoms with van der Waals surface area (Å²) in [5.41, 5.74) is 8.20. The van der Waals surface area contributed by atoms with E-state index < -0.39 is 0 Å². The number of nitrogen functional groups attached to an aromatic ring is 1. The maximum atomic E-state index is 13.4. The van der Waals surface area contributed by atoms with Crippen LogP contribution in [0.3, 0.4) is 0 Å². The molecule has 0 aromatic heterocycles. The van der Waals surface area contributed by atoms with Gasteiger partial charge in [-0.2, -0.15) is 0 Å². The van der Waals surface area contributed by atoms with Crippen LogP contribution in [0.1, 0.15) is 36.2 Å². The zero-order valence-corrected chi connectivity index (χ0v) is 18.3. The van der Waals surface area contributed by atoms with E-state index >= 15 is 0 Å². The quantitative estimate of drug-likeness (QED) is 0.350. The Morgan fingerprint density at radius 3 is 2.10 bits per heavy atom. The van der Waals surface area contributed by atoms with E-state index in [9.17, 15) is 4.79 Å². The van der Waals surface area contributed by atoms with Gasteiger partial charge in [-0.3, -0.25) is 4.79 Å². The molecule has 7 nitrogen and oxygen atoms in total. The number of ether oxygens (including phenoxy) is 5. The number of hydrogen-bond acceptors (Lipinski definition) is 7. The average molecular weight is 415 g/mol. The molecule has 162 valence electrons. The first-order chi connectivity index (χ1) is 14.4. The van der Waals surface area contributed by atoms with Gasteiger partial charge in [-0.25, -0.2) is 0 Å². The lowest BCUT2D eigenvalue weighted by Crippen LogP contribution is -2.08. The van der Waals surface area contributed by atoms with E-state index in [1.807, 2.05) is 32.1 Å². The fourth-order valence-corrected chi connectivity index (χ4v) is 3.12. The van der Waals surface area contributed by atoms with Crippen LogP contribution < -0.4 is 29.4 Å². The van der Waals surface area contributed by atoms with E-state index in [4.69, 9.17) is 29.4 Å². The second kappa shape index (κ2) is 10.4. The van der Waals surface area contributed by atoms with Crippen LogP contribution in [-0.4, -0.2) is 40.8 Å². The number of ketones is 1. The van der Waals surface area contributed by atoms with Crippen LogP contribution in [0.25, 0.3) is 6.08 Å². The molecule has 2 rings (SSSR count). The first-order valence-corrected chi connectivity index (χ1v) is 9.60. The van der Waals surface area contributed by atoms with Crippen molar-refractivity contribution in [2.24, 2.45) is 0 Å². The van der Waals surface area contributed by atoms with Crippen molar-refractivity contribution >= 4 is 17.5 Å². The molecule has 0 amide bonds. The molecule has 0 unspecified atom stereocenters. The van der Waals surface area contributed by atoms with Crippen molar-refractivity contribution in [1.82, 2.24) is 0 Å². The molecule has 7 heteroatoms. The van der Waals surface area contributed by atoms with E-state index in [2.05, 4.69) is 0 Å². The topological polar surface area (TPSA) is 89.2 Å². The third-order valence-corrected chi connectivity index (χ3v) is 4.58. The van der Waals surface area contributed by atoms with Crippen LogP contribution in [0.4, 0.5) is 5.69 Å². The number of nitrogens with two attached hydrogens (primary N) is 1.